The van der Waals surface area contributed by atoms with Crippen LogP contribution in [0.4, 0.5) is 0 Å². The number of thiocarbonyl (C=S) groups is 1. The average Bonchev–Trinajstić information content (AvgIpc) is 2.15. The van der Waals surface area contributed by atoms with Gasteiger partial charge in [-0.1, -0.05) is 25.6 Å². The van der Waals surface area contributed by atoms with E-state index in [4.69, 9.17) is 12.2 Å². The summed E-state index contributed by atoms with van der Waals surface area (Å²) in [5, 5.41) is 0. The number of likely N-dealkylation sites (tertiary alicyclic amines) is 1. The molecule has 0 N–H and O–H groups in total. The molecule has 1 fully saturated rings. The van der Waals surface area contributed by atoms with E-state index in [0.717, 1.165) is 16.8 Å². The molecule has 2 unspecified atom stereocenters. The summed E-state index contributed by atoms with van der Waals surface area (Å²) >= 11 is 9.34. The van der Waals surface area contributed by atoms with Crippen molar-refractivity contribution in [3.8, 4) is 0 Å². The van der Waals surface area contributed by atoms with Crippen molar-refractivity contribution in [3.63, 3.8) is 0 Å². The van der Waals surface area contributed by atoms with Crippen LogP contribution < -0.4 is 0 Å². The maximum atomic E-state index is 5.10. The van der Waals surface area contributed by atoms with Crippen molar-refractivity contribution in [1.82, 2.24) is 4.90 Å². The van der Waals surface area contributed by atoms with Crippen molar-refractivity contribution in [3.05, 3.63) is 0 Å². The molecule has 0 saturated carbocycles. The molecule has 0 radical (unpaired) electrons. The van der Waals surface area contributed by atoms with Crippen LogP contribution in [0.25, 0.3) is 0 Å². The van der Waals surface area contributed by atoms with Gasteiger partial charge in [0.1, 0.15) is 4.32 Å². The van der Waals surface area contributed by atoms with Crippen LogP contribution in [-0.2, 0) is 0 Å². The maximum absolute atomic E-state index is 5.10. The minimum atomic E-state index is 0.567. The quantitative estimate of drug-likeness (QED) is 0.476. The van der Waals surface area contributed by atoms with Gasteiger partial charge in [-0.15, -0.1) is 12.6 Å². The molecule has 0 aliphatic carbocycles. The second kappa shape index (κ2) is 4.47. The molecule has 12 heavy (non-hydrogen) atoms. The number of hydrogen-bond donors (Lipinski definition) is 1. The van der Waals surface area contributed by atoms with Crippen molar-refractivity contribution in [2.75, 3.05) is 6.54 Å². The van der Waals surface area contributed by atoms with E-state index in [0.29, 0.717) is 6.04 Å². The Labute approximate surface area is 85.9 Å². The van der Waals surface area contributed by atoms with Crippen molar-refractivity contribution >= 4 is 29.2 Å². The number of rotatable bonds is 0. The van der Waals surface area contributed by atoms with Gasteiger partial charge in [0.15, 0.2) is 0 Å². The molecular formula is C9H17NS2. The van der Waals surface area contributed by atoms with Gasteiger partial charge in [0.25, 0.3) is 0 Å². The minimum absolute atomic E-state index is 0.567. The standard InChI is InChI=1S/C9H17NS2/c1-7-5-3-4-6-10(8(7)2)9(11)12/h7-8H,3-6H2,1-2H3,(H,11,12). The number of nitrogens with zero attached hydrogens (tertiary/aromatic N) is 1. The highest BCUT2D eigenvalue weighted by Crippen LogP contribution is 2.23. The minimum Gasteiger partial charge on any atom is -0.355 e. The molecule has 0 aromatic carbocycles. The Balaban J connectivity index is 2.64. The SMILES string of the molecule is CC1CCCCN(C(=S)S)C1C. The predicted octanol–water partition coefficient (Wildman–Crippen LogP) is 2.71. The smallest absolute Gasteiger partial charge is 0.133 e. The summed E-state index contributed by atoms with van der Waals surface area (Å²) in [6.45, 7) is 5.64. The van der Waals surface area contributed by atoms with Crippen molar-refractivity contribution in [1.29, 1.82) is 0 Å². The molecule has 70 valence electrons. The second-order valence-electron chi connectivity index (χ2n) is 3.69. The summed E-state index contributed by atoms with van der Waals surface area (Å²) in [4.78, 5) is 2.25. The van der Waals surface area contributed by atoms with Crippen molar-refractivity contribution in [2.45, 2.75) is 39.2 Å². The first kappa shape index (κ1) is 10.3. The Hall–Kier alpha value is 0.240. The summed E-state index contributed by atoms with van der Waals surface area (Å²) in [6.07, 6.45) is 3.92. The van der Waals surface area contributed by atoms with Crippen LogP contribution in [0.1, 0.15) is 33.1 Å². The first-order valence-corrected chi connectivity index (χ1v) is 5.48. The Morgan fingerprint density at radius 3 is 2.67 bits per heavy atom. The largest absolute Gasteiger partial charge is 0.355 e. The van der Waals surface area contributed by atoms with Gasteiger partial charge in [-0.05, 0) is 25.7 Å². The topological polar surface area (TPSA) is 3.24 Å². The van der Waals surface area contributed by atoms with E-state index in [-0.39, 0.29) is 0 Å². The molecule has 2 atom stereocenters. The van der Waals surface area contributed by atoms with Crippen LogP contribution in [0.5, 0.6) is 0 Å². The highest BCUT2D eigenvalue weighted by Gasteiger charge is 2.23. The average molecular weight is 203 g/mol. The maximum Gasteiger partial charge on any atom is 0.133 e. The normalized spacial score (nSPS) is 31.4. The van der Waals surface area contributed by atoms with Crippen LogP contribution in [0.15, 0.2) is 0 Å². The zero-order valence-corrected chi connectivity index (χ0v) is 9.50. The summed E-state index contributed by atoms with van der Waals surface area (Å²) < 4.78 is 0.760. The van der Waals surface area contributed by atoms with Gasteiger partial charge in [-0.3, -0.25) is 0 Å². The Morgan fingerprint density at radius 2 is 2.08 bits per heavy atom. The van der Waals surface area contributed by atoms with Crippen LogP contribution in [0.3, 0.4) is 0 Å². The number of hydrogen-bond acceptors (Lipinski definition) is 1. The molecule has 1 aliphatic rings. The highest BCUT2D eigenvalue weighted by atomic mass is 32.1. The van der Waals surface area contributed by atoms with Gasteiger partial charge in [0, 0.05) is 12.6 Å². The van der Waals surface area contributed by atoms with Crippen LogP contribution in [0, 0.1) is 5.92 Å². The van der Waals surface area contributed by atoms with E-state index in [1.54, 1.807) is 0 Å². The lowest BCUT2D eigenvalue weighted by molar-refractivity contribution is 0.283. The fourth-order valence-corrected chi connectivity index (χ4v) is 2.31. The first-order valence-electron chi connectivity index (χ1n) is 4.62. The summed E-state index contributed by atoms with van der Waals surface area (Å²) in [7, 11) is 0. The third kappa shape index (κ3) is 2.36. The lowest BCUT2D eigenvalue weighted by Crippen LogP contribution is -2.38. The lowest BCUT2D eigenvalue weighted by Gasteiger charge is -2.30. The first-order chi connectivity index (χ1) is 5.63. The molecule has 1 saturated heterocycles. The lowest BCUT2D eigenvalue weighted by atomic mass is 9.99. The van der Waals surface area contributed by atoms with E-state index in [1.165, 1.54) is 19.3 Å². The predicted molar refractivity (Wildman–Crippen MR) is 60.8 cm³/mol. The van der Waals surface area contributed by atoms with Crippen LogP contribution >= 0.6 is 24.8 Å². The molecule has 1 aliphatic heterocycles. The van der Waals surface area contributed by atoms with E-state index < -0.39 is 0 Å². The van der Waals surface area contributed by atoms with Gasteiger partial charge < -0.3 is 4.90 Å². The van der Waals surface area contributed by atoms with Gasteiger partial charge >= 0.3 is 0 Å². The summed E-state index contributed by atoms with van der Waals surface area (Å²) in [5.74, 6) is 0.748. The fourth-order valence-electron chi connectivity index (χ4n) is 1.77. The molecule has 3 heteroatoms. The van der Waals surface area contributed by atoms with Crippen LogP contribution in [-0.4, -0.2) is 21.8 Å². The van der Waals surface area contributed by atoms with Gasteiger partial charge in [0.2, 0.25) is 0 Å². The fraction of sp³-hybridized carbons (Fsp3) is 0.889. The van der Waals surface area contributed by atoms with E-state index in [2.05, 4.69) is 31.4 Å². The van der Waals surface area contributed by atoms with E-state index in [9.17, 15) is 0 Å². The Bertz CT molecular complexity index is 170. The van der Waals surface area contributed by atoms with Crippen molar-refractivity contribution < 1.29 is 0 Å². The molecular weight excluding hydrogens is 186 g/mol. The molecule has 1 rings (SSSR count). The Kier molecular flexibility index (Phi) is 3.84. The van der Waals surface area contributed by atoms with Gasteiger partial charge in [0.05, 0.1) is 0 Å². The molecule has 0 bridgehead atoms. The zero-order chi connectivity index (χ0) is 9.14. The second-order valence-corrected chi connectivity index (χ2v) is 4.80. The van der Waals surface area contributed by atoms with E-state index in [1.807, 2.05) is 0 Å². The van der Waals surface area contributed by atoms with Gasteiger partial charge in [-0.2, -0.15) is 0 Å². The zero-order valence-electron chi connectivity index (χ0n) is 7.79. The number of thiol groups is 1. The van der Waals surface area contributed by atoms with Gasteiger partial charge in [-0.25, -0.2) is 0 Å². The van der Waals surface area contributed by atoms with E-state index >= 15 is 0 Å². The molecule has 0 spiro atoms. The molecule has 0 aromatic heterocycles. The molecule has 1 nitrogen and oxygen atoms in total. The highest BCUT2D eigenvalue weighted by molar-refractivity contribution is 8.10. The van der Waals surface area contributed by atoms with Crippen molar-refractivity contribution in [2.24, 2.45) is 5.92 Å². The molecule has 0 amide bonds. The third-order valence-corrected chi connectivity index (χ3v) is 3.36. The summed E-state index contributed by atoms with van der Waals surface area (Å²) in [5.41, 5.74) is 0. The monoisotopic (exact) mass is 203 g/mol. The summed E-state index contributed by atoms with van der Waals surface area (Å²) in [6, 6.07) is 0.567. The molecule has 1 heterocycles. The third-order valence-electron chi connectivity index (χ3n) is 2.87. The Morgan fingerprint density at radius 1 is 1.42 bits per heavy atom. The van der Waals surface area contributed by atoms with Crippen LogP contribution in [0.2, 0.25) is 0 Å². The molecule has 0 aromatic rings.